The van der Waals surface area contributed by atoms with Crippen LogP contribution in [0.2, 0.25) is 0 Å². The van der Waals surface area contributed by atoms with Gasteiger partial charge in [-0.25, -0.2) is 4.39 Å². The van der Waals surface area contributed by atoms with E-state index in [-0.39, 0.29) is 11.9 Å². The summed E-state index contributed by atoms with van der Waals surface area (Å²) < 4.78 is 23.7. The van der Waals surface area contributed by atoms with Gasteiger partial charge in [-0.1, -0.05) is 0 Å². The van der Waals surface area contributed by atoms with E-state index in [1.807, 2.05) is 14.0 Å². The normalized spacial score (nSPS) is 12.5. The second kappa shape index (κ2) is 6.45. The van der Waals surface area contributed by atoms with Gasteiger partial charge in [0.15, 0.2) is 0 Å². The van der Waals surface area contributed by atoms with Crippen LogP contribution in [0.3, 0.4) is 0 Å². The maximum absolute atomic E-state index is 13.0. The number of methoxy groups -OCH3 is 1. The summed E-state index contributed by atoms with van der Waals surface area (Å²) in [4.78, 5) is 0. The van der Waals surface area contributed by atoms with Crippen molar-refractivity contribution in [3.8, 4) is 5.75 Å². The highest BCUT2D eigenvalue weighted by atomic mass is 19.1. The van der Waals surface area contributed by atoms with Crippen LogP contribution in [0.4, 0.5) is 4.39 Å². The molecule has 0 saturated carbocycles. The second-order valence-electron chi connectivity index (χ2n) is 3.64. The molecule has 1 aromatic rings. The Morgan fingerprint density at radius 1 is 1.44 bits per heavy atom. The smallest absolute Gasteiger partial charge is 0.124 e. The fraction of sp³-hybridized carbons (Fsp3) is 0.500. The zero-order valence-corrected chi connectivity index (χ0v) is 9.92. The zero-order chi connectivity index (χ0) is 12.0. The minimum absolute atomic E-state index is 0.0208. The zero-order valence-electron chi connectivity index (χ0n) is 9.92. The van der Waals surface area contributed by atoms with Gasteiger partial charge in [0.05, 0.1) is 6.10 Å². The first kappa shape index (κ1) is 12.9. The maximum Gasteiger partial charge on any atom is 0.124 e. The Labute approximate surface area is 95.6 Å². The van der Waals surface area contributed by atoms with Gasteiger partial charge in [0.2, 0.25) is 0 Å². The highest BCUT2D eigenvalue weighted by molar-refractivity contribution is 5.33. The van der Waals surface area contributed by atoms with Crippen molar-refractivity contribution in [1.29, 1.82) is 0 Å². The van der Waals surface area contributed by atoms with Gasteiger partial charge in [0.1, 0.15) is 18.2 Å². The van der Waals surface area contributed by atoms with Crippen LogP contribution in [-0.2, 0) is 11.3 Å². The monoisotopic (exact) mass is 227 g/mol. The molecule has 16 heavy (non-hydrogen) atoms. The summed E-state index contributed by atoms with van der Waals surface area (Å²) in [6.45, 7) is 2.95. The standard InChI is InChI=1S/C12H18FNO2/c1-9(15-3)8-16-12-5-4-11(13)6-10(12)7-14-2/h4-6,9,14H,7-8H2,1-3H3. The van der Waals surface area contributed by atoms with Crippen molar-refractivity contribution in [3.05, 3.63) is 29.6 Å². The Bertz CT molecular complexity index is 331. The molecule has 3 nitrogen and oxygen atoms in total. The molecular weight excluding hydrogens is 209 g/mol. The van der Waals surface area contributed by atoms with Gasteiger partial charge in [0.25, 0.3) is 0 Å². The molecule has 0 radical (unpaired) electrons. The van der Waals surface area contributed by atoms with Gasteiger partial charge in [-0.05, 0) is 32.2 Å². The van der Waals surface area contributed by atoms with E-state index in [0.717, 1.165) is 5.56 Å². The van der Waals surface area contributed by atoms with Crippen LogP contribution in [0.1, 0.15) is 12.5 Å². The molecule has 0 aromatic heterocycles. The number of halogens is 1. The number of hydrogen-bond acceptors (Lipinski definition) is 3. The van der Waals surface area contributed by atoms with Gasteiger partial charge < -0.3 is 14.8 Å². The minimum Gasteiger partial charge on any atom is -0.491 e. The van der Waals surface area contributed by atoms with Crippen molar-refractivity contribution >= 4 is 0 Å². The number of hydrogen-bond donors (Lipinski definition) is 1. The fourth-order valence-corrected chi connectivity index (χ4v) is 1.29. The molecule has 1 rings (SSSR count). The van der Waals surface area contributed by atoms with E-state index in [1.54, 1.807) is 13.2 Å². The summed E-state index contributed by atoms with van der Waals surface area (Å²) >= 11 is 0. The Morgan fingerprint density at radius 3 is 2.81 bits per heavy atom. The van der Waals surface area contributed by atoms with Crippen molar-refractivity contribution in [2.45, 2.75) is 19.6 Å². The summed E-state index contributed by atoms with van der Waals surface area (Å²) in [6, 6.07) is 4.51. The van der Waals surface area contributed by atoms with E-state index in [1.165, 1.54) is 12.1 Å². The molecule has 0 amide bonds. The lowest BCUT2D eigenvalue weighted by molar-refractivity contribution is 0.0712. The second-order valence-corrected chi connectivity index (χ2v) is 3.64. The third kappa shape index (κ3) is 3.79. The van der Waals surface area contributed by atoms with Crippen LogP contribution >= 0.6 is 0 Å². The minimum atomic E-state index is -0.252. The van der Waals surface area contributed by atoms with Crippen LogP contribution in [0.5, 0.6) is 5.75 Å². The molecule has 90 valence electrons. The van der Waals surface area contributed by atoms with E-state index in [4.69, 9.17) is 9.47 Å². The lowest BCUT2D eigenvalue weighted by atomic mass is 10.2. The maximum atomic E-state index is 13.0. The molecule has 0 aliphatic rings. The van der Waals surface area contributed by atoms with Crippen LogP contribution in [0, 0.1) is 5.82 Å². The molecular formula is C12H18FNO2. The van der Waals surface area contributed by atoms with E-state index in [0.29, 0.717) is 18.9 Å². The molecule has 4 heteroatoms. The fourth-order valence-electron chi connectivity index (χ4n) is 1.29. The third-order valence-electron chi connectivity index (χ3n) is 2.27. The van der Waals surface area contributed by atoms with Gasteiger partial charge in [-0.2, -0.15) is 0 Å². The molecule has 1 N–H and O–H groups in total. The highest BCUT2D eigenvalue weighted by Crippen LogP contribution is 2.19. The lowest BCUT2D eigenvalue weighted by Gasteiger charge is -2.14. The molecule has 1 unspecified atom stereocenters. The van der Waals surface area contributed by atoms with Gasteiger partial charge in [-0.3, -0.25) is 0 Å². The molecule has 0 aliphatic heterocycles. The Morgan fingerprint density at radius 2 is 2.19 bits per heavy atom. The number of ether oxygens (including phenoxy) is 2. The summed E-state index contributed by atoms with van der Waals surface area (Å²) in [6.07, 6.45) is 0.0208. The first-order chi connectivity index (χ1) is 7.67. The summed E-state index contributed by atoms with van der Waals surface area (Å²) in [5.41, 5.74) is 0.811. The highest BCUT2D eigenvalue weighted by Gasteiger charge is 2.07. The largest absolute Gasteiger partial charge is 0.491 e. The molecule has 0 fully saturated rings. The topological polar surface area (TPSA) is 30.5 Å². The van der Waals surface area contributed by atoms with Crippen molar-refractivity contribution < 1.29 is 13.9 Å². The number of rotatable bonds is 6. The Balaban J connectivity index is 2.70. The Hall–Kier alpha value is -1.13. The van der Waals surface area contributed by atoms with E-state index < -0.39 is 0 Å². The van der Waals surface area contributed by atoms with Crippen LogP contribution in [0.15, 0.2) is 18.2 Å². The number of nitrogens with one attached hydrogen (secondary N) is 1. The third-order valence-corrected chi connectivity index (χ3v) is 2.27. The lowest BCUT2D eigenvalue weighted by Crippen LogP contribution is -2.17. The van der Waals surface area contributed by atoms with Gasteiger partial charge >= 0.3 is 0 Å². The molecule has 1 aromatic carbocycles. The average Bonchev–Trinajstić information content (AvgIpc) is 2.28. The van der Waals surface area contributed by atoms with E-state index >= 15 is 0 Å². The quantitative estimate of drug-likeness (QED) is 0.805. The van der Waals surface area contributed by atoms with E-state index in [9.17, 15) is 4.39 Å². The molecule has 0 aliphatic carbocycles. The molecule has 0 spiro atoms. The first-order valence-corrected chi connectivity index (χ1v) is 5.26. The van der Waals surface area contributed by atoms with Crippen molar-refractivity contribution in [2.75, 3.05) is 20.8 Å². The Kier molecular flexibility index (Phi) is 5.22. The molecule has 0 saturated heterocycles. The van der Waals surface area contributed by atoms with Crippen LogP contribution in [-0.4, -0.2) is 26.9 Å². The van der Waals surface area contributed by atoms with Gasteiger partial charge in [0, 0.05) is 19.2 Å². The molecule has 0 bridgehead atoms. The van der Waals surface area contributed by atoms with Crippen molar-refractivity contribution in [1.82, 2.24) is 5.32 Å². The SMILES string of the molecule is CNCc1cc(F)ccc1OCC(C)OC. The predicted octanol–water partition coefficient (Wildman–Crippen LogP) is 1.96. The first-order valence-electron chi connectivity index (χ1n) is 5.26. The van der Waals surface area contributed by atoms with Crippen molar-refractivity contribution in [3.63, 3.8) is 0 Å². The number of benzene rings is 1. The van der Waals surface area contributed by atoms with E-state index in [2.05, 4.69) is 5.32 Å². The van der Waals surface area contributed by atoms with Crippen LogP contribution < -0.4 is 10.1 Å². The summed E-state index contributed by atoms with van der Waals surface area (Å²) in [5.74, 6) is 0.442. The van der Waals surface area contributed by atoms with Gasteiger partial charge in [-0.15, -0.1) is 0 Å². The molecule has 0 heterocycles. The van der Waals surface area contributed by atoms with Crippen LogP contribution in [0.25, 0.3) is 0 Å². The summed E-state index contributed by atoms with van der Waals surface area (Å²) in [5, 5.41) is 2.98. The van der Waals surface area contributed by atoms with Crippen molar-refractivity contribution in [2.24, 2.45) is 0 Å². The summed E-state index contributed by atoms with van der Waals surface area (Å²) in [7, 11) is 3.44. The predicted molar refractivity (Wildman–Crippen MR) is 61.1 cm³/mol. The molecule has 1 atom stereocenters. The average molecular weight is 227 g/mol.